The Morgan fingerprint density at radius 1 is 1.04 bits per heavy atom. The van der Waals surface area contributed by atoms with E-state index in [2.05, 4.69) is 15.0 Å². The summed E-state index contributed by atoms with van der Waals surface area (Å²) in [5.74, 6) is 1.27. The molecule has 27 heavy (non-hydrogen) atoms. The van der Waals surface area contributed by atoms with Crippen molar-refractivity contribution in [3.05, 3.63) is 11.7 Å². The lowest BCUT2D eigenvalue weighted by Crippen LogP contribution is -2.57. The van der Waals surface area contributed by atoms with Gasteiger partial charge in [-0.2, -0.15) is 22.0 Å². The summed E-state index contributed by atoms with van der Waals surface area (Å²) in [4.78, 5) is 6.62. The number of aromatic nitrogens is 2. The predicted molar refractivity (Wildman–Crippen MR) is 100 cm³/mol. The first-order valence-electron chi connectivity index (χ1n) is 9.52. The van der Waals surface area contributed by atoms with E-state index in [1.165, 1.54) is 0 Å². The number of hydrogen-bond donors (Lipinski definition) is 0. The minimum absolute atomic E-state index is 0.0833. The van der Waals surface area contributed by atoms with Crippen LogP contribution < -0.4 is 0 Å². The average Bonchev–Trinajstić information content (AvgIpc) is 3.03. The minimum atomic E-state index is -3.45. The Morgan fingerprint density at radius 3 is 2.15 bits per heavy atom. The molecule has 2 aliphatic rings. The summed E-state index contributed by atoms with van der Waals surface area (Å²) >= 11 is 0. The lowest BCUT2D eigenvalue weighted by molar-refractivity contribution is -0.0457. The zero-order valence-corrected chi connectivity index (χ0v) is 17.7. The first-order chi connectivity index (χ1) is 12.6. The molecule has 0 saturated carbocycles. The maximum atomic E-state index is 12.9. The zero-order chi connectivity index (χ0) is 19.8. The number of rotatable bonds is 4. The van der Waals surface area contributed by atoms with Crippen molar-refractivity contribution >= 4 is 10.2 Å². The topological polar surface area (TPSA) is 92.0 Å². The van der Waals surface area contributed by atoms with E-state index in [4.69, 9.17) is 9.26 Å². The fourth-order valence-corrected chi connectivity index (χ4v) is 5.17. The molecule has 0 radical (unpaired) electrons. The summed E-state index contributed by atoms with van der Waals surface area (Å²) in [5, 5.41) is 4.05. The Kier molecular flexibility index (Phi) is 5.93. The smallest absolute Gasteiger partial charge is 0.282 e. The highest BCUT2D eigenvalue weighted by atomic mass is 32.2. The van der Waals surface area contributed by atoms with Crippen molar-refractivity contribution in [1.82, 2.24) is 23.7 Å². The lowest BCUT2D eigenvalue weighted by atomic mass is 9.97. The van der Waals surface area contributed by atoms with Crippen molar-refractivity contribution in [2.24, 2.45) is 0 Å². The van der Waals surface area contributed by atoms with Gasteiger partial charge >= 0.3 is 0 Å². The van der Waals surface area contributed by atoms with E-state index in [9.17, 15) is 8.42 Å². The van der Waals surface area contributed by atoms with Gasteiger partial charge in [0.25, 0.3) is 10.2 Å². The van der Waals surface area contributed by atoms with Gasteiger partial charge in [-0.05, 0) is 13.8 Å². The van der Waals surface area contributed by atoms with Gasteiger partial charge in [0.15, 0.2) is 5.82 Å². The normalized spacial score (nSPS) is 27.1. The average molecular weight is 402 g/mol. The summed E-state index contributed by atoms with van der Waals surface area (Å²) in [5.41, 5.74) is -0.176. The number of hydrogen-bond acceptors (Lipinski definition) is 7. The first kappa shape index (κ1) is 20.7. The highest BCUT2D eigenvalue weighted by Gasteiger charge is 2.36. The Hall–Kier alpha value is -1.07. The van der Waals surface area contributed by atoms with E-state index < -0.39 is 10.2 Å². The van der Waals surface area contributed by atoms with Gasteiger partial charge in [0.2, 0.25) is 5.89 Å². The molecule has 0 aromatic carbocycles. The molecule has 9 nitrogen and oxygen atoms in total. The maximum Gasteiger partial charge on any atom is 0.282 e. The largest absolute Gasteiger partial charge is 0.373 e. The Morgan fingerprint density at radius 2 is 1.63 bits per heavy atom. The highest BCUT2D eigenvalue weighted by molar-refractivity contribution is 7.86. The van der Waals surface area contributed by atoms with Gasteiger partial charge in [-0.15, -0.1) is 0 Å². The molecule has 0 bridgehead atoms. The van der Waals surface area contributed by atoms with Crippen molar-refractivity contribution in [3.63, 3.8) is 0 Å². The predicted octanol–water partition coefficient (Wildman–Crippen LogP) is 0.839. The number of piperazine rings is 1. The highest BCUT2D eigenvalue weighted by Crippen LogP contribution is 2.21. The molecular weight excluding hydrogens is 370 g/mol. The molecule has 0 unspecified atom stereocenters. The van der Waals surface area contributed by atoms with E-state index >= 15 is 0 Å². The van der Waals surface area contributed by atoms with Crippen molar-refractivity contribution in [3.8, 4) is 0 Å². The second-order valence-corrected chi connectivity index (χ2v) is 10.5. The fourth-order valence-electron chi connectivity index (χ4n) is 3.42. The molecule has 0 amide bonds. The van der Waals surface area contributed by atoms with E-state index in [0.29, 0.717) is 57.5 Å². The van der Waals surface area contributed by atoms with Gasteiger partial charge in [-0.1, -0.05) is 25.9 Å². The van der Waals surface area contributed by atoms with Crippen LogP contribution in [0.3, 0.4) is 0 Å². The van der Waals surface area contributed by atoms with E-state index in [0.717, 1.165) is 0 Å². The molecule has 2 saturated heterocycles. The number of ether oxygens (including phenoxy) is 1. The first-order valence-corrected chi connectivity index (χ1v) is 10.9. The number of morpholine rings is 1. The standard InChI is InChI=1S/C17H31N5O4S/c1-13-10-22(11-14(2)25-13)27(23,24)21-8-6-20(7-9-21)12-15-18-16(26-19-15)17(3,4)5/h13-14H,6-12H2,1-5H3/t13-,14+. The van der Waals surface area contributed by atoms with Crippen molar-refractivity contribution in [1.29, 1.82) is 0 Å². The van der Waals surface area contributed by atoms with Crippen LogP contribution >= 0.6 is 0 Å². The molecule has 1 aromatic rings. The molecule has 1 aromatic heterocycles. The summed E-state index contributed by atoms with van der Waals surface area (Å²) in [6.45, 7) is 13.5. The van der Waals surface area contributed by atoms with Crippen LogP contribution in [0.2, 0.25) is 0 Å². The van der Waals surface area contributed by atoms with Gasteiger partial charge < -0.3 is 9.26 Å². The summed E-state index contributed by atoms with van der Waals surface area (Å²) in [6, 6.07) is 0. The van der Waals surface area contributed by atoms with Gasteiger partial charge in [0, 0.05) is 44.7 Å². The third-order valence-electron chi connectivity index (χ3n) is 4.84. The molecule has 154 valence electrons. The van der Waals surface area contributed by atoms with Crippen LogP contribution in [0.25, 0.3) is 0 Å². The van der Waals surface area contributed by atoms with Crippen LogP contribution in [0.1, 0.15) is 46.3 Å². The molecule has 10 heteroatoms. The summed E-state index contributed by atoms with van der Waals surface area (Å²) < 4.78 is 40.0. The van der Waals surface area contributed by atoms with Crippen molar-refractivity contribution < 1.29 is 17.7 Å². The third kappa shape index (κ3) is 4.86. The molecular formula is C17H31N5O4S. The molecule has 2 fully saturated rings. The third-order valence-corrected chi connectivity index (χ3v) is 6.81. The van der Waals surface area contributed by atoms with Crippen molar-refractivity contribution in [2.45, 2.75) is 58.8 Å². The van der Waals surface area contributed by atoms with E-state index in [1.54, 1.807) is 8.61 Å². The van der Waals surface area contributed by atoms with Gasteiger partial charge in [0.1, 0.15) is 0 Å². The molecule has 2 aliphatic heterocycles. The lowest BCUT2D eigenvalue weighted by Gasteiger charge is -2.40. The second-order valence-electron chi connectivity index (χ2n) is 8.52. The molecule has 3 rings (SSSR count). The Bertz CT molecular complexity index is 727. The van der Waals surface area contributed by atoms with Crippen LogP contribution in [-0.2, 0) is 26.9 Å². The fraction of sp³-hybridized carbons (Fsp3) is 0.882. The zero-order valence-electron chi connectivity index (χ0n) is 16.9. The number of nitrogens with zero attached hydrogens (tertiary/aromatic N) is 5. The monoisotopic (exact) mass is 401 g/mol. The quantitative estimate of drug-likeness (QED) is 0.738. The molecule has 0 N–H and O–H groups in total. The molecule has 0 aliphatic carbocycles. The van der Waals surface area contributed by atoms with E-state index in [-0.39, 0.29) is 17.6 Å². The van der Waals surface area contributed by atoms with Crippen LogP contribution in [-0.4, -0.2) is 83.5 Å². The van der Waals surface area contributed by atoms with Crippen LogP contribution in [0.5, 0.6) is 0 Å². The minimum Gasteiger partial charge on any atom is -0.373 e. The summed E-state index contributed by atoms with van der Waals surface area (Å²) in [7, 11) is -3.45. The maximum absolute atomic E-state index is 12.9. The molecule has 0 spiro atoms. The second kappa shape index (κ2) is 7.75. The van der Waals surface area contributed by atoms with Crippen LogP contribution in [0.15, 0.2) is 4.52 Å². The van der Waals surface area contributed by atoms with Gasteiger partial charge in [0.05, 0.1) is 18.8 Å². The molecule has 2 atom stereocenters. The molecule has 3 heterocycles. The van der Waals surface area contributed by atoms with Gasteiger partial charge in [-0.25, -0.2) is 0 Å². The summed E-state index contributed by atoms with van der Waals surface area (Å²) in [6.07, 6.45) is -0.167. The van der Waals surface area contributed by atoms with Crippen LogP contribution in [0.4, 0.5) is 0 Å². The van der Waals surface area contributed by atoms with E-state index in [1.807, 2.05) is 34.6 Å². The Labute approximate surface area is 161 Å². The SMILES string of the molecule is C[C@@H]1CN(S(=O)(=O)N2CCN(Cc3noc(C(C)(C)C)n3)CC2)C[C@H](C)O1. The van der Waals surface area contributed by atoms with Crippen molar-refractivity contribution in [2.75, 3.05) is 39.3 Å². The van der Waals surface area contributed by atoms with Gasteiger partial charge in [-0.3, -0.25) is 4.90 Å². The van der Waals surface area contributed by atoms with Crippen LogP contribution in [0, 0.1) is 0 Å². The Balaban J connectivity index is 1.56.